The second-order valence-corrected chi connectivity index (χ2v) is 7.47. The summed E-state index contributed by atoms with van der Waals surface area (Å²) in [6.45, 7) is 5.47. The van der Waals surface area contributed by atoms with E-state index in [1.807, 2.05) is 36.4 Å². The monoisotopic (exact) mass is 396 g/mol. The zero-order chi connectivity index (χ0) is 20.5. The summed E-state index contributed by atoms with van der Waals surface area (Å²) in [6.07, 6.45) is 4.66. The lowest BCUT2D eigenvalue weighted by atomic mass is 10.0. The number of piperidine rings is 1. The molecule has 0 radical (unpaired) electrons. The van der Waals surface area contributed by atoms with Crippen LogP contribution in [-0.2, 0) is 0 Å². The molecule has 156 valence electrons. The number of benzene rings is 2. The van der Waals surface area contributed by atoms with E-state index in [-0.39, 0.29) is 11.9 Å². The van der Waals surface area contributed by atoms with Crippen LogP contribution in [0.4, 0.5) is 0 Å². The Kier molecular flexibility index (Phi) is 7.94. The van der Waals surface area contributed by atoms with Crippen molar-refractivity contribution in [1.29, 1.82) is 0 Å². The maximum atomic E-state index is 12.7. The molecule has 1 unspecified atom stereocenters. The van der Waals surface area contributed by atoms with Gasteiger partial charge in [0.2, 0.25) is 0 Å². The summed E-state index contributed by atoms with van der Waals surface area (Å²) < 4.78 is 10.9. The van der Waals surface area contributed by atoms with Crippen LogP contribution in [0, 0.1) is 0 Å². The molecule has 2 aromatic rings. The first kappa shape index (κ1) is 21.2. The molecule has 3 rings (SSSR count). The summed E-state index contributed by atoms with van der Waals surface area (Å²) in [5.74, 6) is 1.59. The van der Waals surface area contributed by atoms with E-state index < -0.39 is 0 Å². The van der Waals surface area contributed by atoms with Gasteiger partial charge in [-0.1, -0.05) is 25.5 Å². The van der Waals surface area contributed by atoms with Crippen molar-refractivity contribution in [2.75, 3.05) is 33.4 Å². The number of carbonyl (C=O) groups is 1. The van der Waals surface area contributed by atoms with E-state index in [0.29, 0.717) is 18.7 Å². The van der Waals surface area contributed by atoms with Crippen LogP contribution in [0.3, 0.4) is 0 Å². The number of amides is 1. The molecule has 1 aliphatic heterocycles. The molecule has 1 amide bonds. The summed E-state index contributed by atoms with van der Waals surface area (Å²) in [5.41, 5.74) is 1.86. The molecule has 1 saturated heterocycles. The average molecular weight is 397 g/mol. The molecule has 0 saturated carbocycles. The molecule has 5 nitrogen and oxygen atoms in total. The minimum absolute atomic E-state index is 0.0532. The fourth-order valence-electron chi connectivity index (χ4n) is 3.73. The van der Waals surface area contributed by atoms with Gasteiger partial charge in [-0.25, -0.2) is 0 Å². The Morgan fingerprint density at radius 2 is 1.66 bits per heavy atom. The molecular weight excluding hydrogens is 364 g/mol. The molecule has 0 aromatic heterocycles. The second-order valence-electron chi connectivity index (χ2n) is 7.47. The molecule has 1 aliphatic rings. The number of ether oxygens (including phenoxy) is 2. The van der Waals surface area contributed by atoms with Gasteiger partial charge in [0.25, 0.3) is 5.91 Å². The van der Waals surface area contributed by atoms with Crippen LogP contribution in [0.1, 0.15) is 54.6 Å². The van der Waals surface area contributed by atoms with Crippen LogP contribution >= 0.6 is 0 Å². The average Bonchev–Trinajstić information content (AvgIpc) is 2.79. The van der Waals surface area contributed by atoms with Crippen molar-refractivity contribution in [1.82, 2.24) is 10.2 Å². The van der Waals surface area contributed by atoms with Gasteiger partial charge in [-0.3, -0.25) is 9.69 Å². The van der Waals surface area contributed by atoms with Gasteiger partial charge in [0.15, 0.2) is 0 Å². The lowest BCUT2D eigenvalue weighted by Crippen LogP contribution is -2.40. The van der Waals surface area contributed by atoms with Crippen molar-refractivity contribution in [2.45, 2.75) is 38.6 Å². The Morgan fingerprint density at radius 1 is 1.00 bits per heavy atom. The molecule has 2 aromatic carbocycles. The normalized spacial score (nSPS) is 15.5. The quantitative estimate of drug-likeness (QED) is 0.681. The highest BCUT2D eigenvalue weighted by Gasteiger charge is 2.23. The standard InChI is InChI=1S/C24H32N2O3/c1-3-17-29-22-13-9-20(10-14-22)24(27)25-18-23(26-15-5-4-6-16-26)19-7-11-21(28-2)12-8-19/h7-14,23H,3-6,15-18H2,1-2H3,(H,25,27). The molecule has 0 spiro atoms. The number of methoxy groups -OCH3 is 1. The van der Waals surface area contributed by atoms with E-state index in [1.165, 1.54) is 24.8 Å². The van der Waals surface area contributed by atoms with Crippen LogP contribution in [0.2, 0.25) is 0 Å². The zero-order valence-corrected chi connectivity index (χ0v) is 17.5. The molecule has 5 heteroatoms. The minimum Gasteiger partial charge on any atom is -0.497 e. The fraction of sp³-hybridized carbons (Fsp3) is 0.458. The van der Waals surface area contributed by atoms with Crippen LogP contribution in [-0.4, -0.2) is 44.2 Å². The SMILES string of the molecule is CCCOc1ccc(C(=O)NCC(c2ccc(OC)cc2)N2CCCCC2)cc1. The molecule has 0 bridgehead atoms. The van der Waals surface area contributed by atoms with Crippen LogP contribution < -0.4 is 14.8 Å². The molecule has 1 heterocycles. The van der Waals surface area contributed by atoms with Gasteiger partial charge in [0.05, 0.1) is 19.8 Å². The topological polar surface area (TPSA) is 50.8 Å². The van der Waals surface area contributed by atoms with Crippen molar-refractivity contribution in [3.8, 4) is 11.5 Å². The summed E-state index contributed by atoms with van der Waals surface area (Å²) in [5, 5.41) is 3.13. The highest BCUT2D eigenvalue weighted by atomic mass is 16.5. The van der Waals surface area contributed by atoms with Gasteiger partial charge in [-0.05, 0) is 74.3 Å². The van der Waals surface area contributed by atoms with E-state index in [2.05, 4.69) is 29.3 Å². The molecule has 1 fully saturated rings. The van der Waals surface area contributed by atoms with Gasteiger partial charge in [-0.2, -0.15) is 0 Å². The Bertz CT molecular complexity index is 753. The lowest BCUT2D eigenvalue weighted by molar-refractivity contribution is 0.0924. The molecule has 1 N–H and O–H groups in total. The third kappa shape index (κ3) is 5.97. The van der Waals surface area contributed by atoms with Crippen molar-refractivity contribution >= 4 is 5.91 Å². The molecule has 1 atom stereocenters. The number of likely N-dealkylation sites (tertiary alicyclic amines) is 1. The largest absolute Gasteiger partial charge is 0.497 e. The smallest absolute Gasteiger partial charge is 0.251 e. The third-order valence-corrected chi connectivity index (χ3v) is 5.38. The van der Waals surface area contributed by atoms with Crippen LogP contribution in [0.5, 0.6) is 11.5 Å². The summed E-state index contributed by atoms with van der Waals surface area (Å²) in [6, 6.07) is 15.7. The molecule has 29 heavy (non-hydrogen) atoms. The number of nitrogens with one attached hydrogen (secondary N) is 1. The first-order valence-corrected chi connectivity index (χ1v) is 10.6. The fourth-order valence-corrected chi connectivity index (χ4v) is 3.73. The summed E-state index contributed by atoms with van der Waals surface area (Å²) in [7, 11) is 1.68. The summed E-state index contributed by atoms with van der Waals surface area (Å²) >= 11 is 0. The second kappa shape index (κ2) is 10.9. The highest BCUT2D eigenvalue weighted by molar-refractivity contribution is 5.94. The number of nitrogens with zero attached hydrogens (tertiary/aromatic N) is 1. The maximum Gasteiger partial charge on any atom is 0.251 e. The minimum atomic E-state index is -0.0532. The van der Waals surface area contributed by atoms with E-state index in [4.69, 9.17) is 9.47 Å². The van der Waals surface area contributed by atoms with Gasteiger partial charge in [0.1, 0.15) is 11.5 Å². The molecule has 0 aliphatic carbocycles. The Balaban J connectivity index is 1.66. The third-order valence-electron chi connectivity index (χ3n) is 5.38. The van der Waals surface area contributed by atoms with Gasteiger partial charge < -0.3 is 14.8 Å². The van der Waals surface area contributed by atoms with Crippen LogP contribution in [0.25, 0.3) is 0 Å². The first-order chi connectivity index (χ1) is 14.2. The van der Waals surface area contributed by atoms with Crippen LogP contribution in [0.15, 0.2) is 48.5 Å². The van der Waals surface area contributed by atoms with Gasteiger partial charge in [-0.15, -0.1) is 0 Å². The van der Waals surface area contributed by atoms with Crippen molar-refractivity contribution in [2.24, 2.45) is 0 Å². The van der Waals surface area contributed by atoms with Crippen molar-refractivity contribution in [3.05, 3.63) is 59.7 Å². The van der Waals surface area contributed by atoms with E-state index in [0.717, 1.165) is 31.0 Å². The van der Waals surface area contributed by atoms with Crippen molar-refractivity contribution < 1.29 is 14.3 Å². The van der Waals surface area contributed by atoms with E-state index in [1.54, 1.807) is 7.11 Å². The number of hydrogen-bond donors (Lipinski definition) is 1. The van der Waals surface area contributed by atoms with Crippen molar-refractivity contribution in [3.63, 3.8) is 0 Å². The Labute approximate surface area is 174 Å². The number of rotatable bonds is 9. The predicted molar refractivity (Wildman–Crippen MR) is 116 cm³/mol. The highest BCUT2D eigenvalue weighted by Crippen LogP contribution is 2.26. The van der Waals surface area contributed by atoms with E-state index >= 15 is 0 Å². The van der Waals surface area contributed by atoms with Gasteiger partial charge in [0, 0.05) is 12.1 Å². The Morgan fingerprint density at radius 3 is 2.28 bits per heavy atom. The number of hydrogen-bond acceptors (Lipinski definition) is 4. The van der Waals surface area contributed by atoms with E-state index in [9.17, 15) is 4.79 Å². The summed E-state index contributed by atoms with van der Waals surface area (Å²) in [4.78, 5) is 15.2. The maximum absolute atomic E-state index is 12.7. The number of carbonyl (C=O) groups excluding carboxylic acids is 1. The zero-order valence-electron chi connectivity index (χ0n) is 17.5. The predicted octanol–water partition coefficient (Wildman–Crippen LogP) is 4.44. The Hall–Kier alpha value is -2.53. The first-order valence-electron chi connectivity index (χ1n) is 10.6. The lowest BCUT2D eigenvalue weighted by Gasteiger charge is -2.35. The molecular formula is C24H32N2O3. The van der Waals surface area contributed by atoms with Gasteiger partial charge >= 0.3 is 0 Å².